The lowest BCUT2D eigenvalue weighted by molar-refractivity contribution is -0.113. The molecule has 0 aromatic heterocycles. The van der Waals surface area contributed by atoms with Crippen molar-refractivity contribution in [2.24, 2.45) is 5.10 Å². The number of hydrogen-bond donors (Lipinski definition) is 3. The molecule has 3 heterocycles. The summed E-state index contributed by atoms with van der Waals surface area (Å²) in [6.45, 7) is 4.05. The molecule has 3 aliphatic rings. The Labute approximate surface area is 198 Å². The number of fused-ring (bicyclic) bond motifs is 3. The first-order valence-corrected chi connectivity index (χ1v) is 12.0. The summed E-state index contributed by atoms with van der Waals surface area (Å²) in [6, 6.07) is 14.6. The maximum absolute atomic E-state index is 12.5. The normalized spacial score (nSPS) is 23.0. The number of nitrogens with zero attached hydrogens (tertiary/aromatic N) is 3. The van der Waals surface area contributed by atoms with E-state index in [0.717, 1.165) is 28.6 Å². The first-order valence-electron chi connectivity index (χ1n) is 11.0. The fourth-order valence-corrected chi connectivity index (χ4v) is 5.25. The van der Waals surface area contributed by atoms with Crippen molar-refractivity contribution in [2.75, 3.05) is 18.2 Å². The summed E-state index contributed by atoms with van der Waals surface area (Å²) in [5.74, 6) is 1.11. The highest BCUT2D eigenvalue weighted by Gasteiger charge is 2.44. The average Bonchev–Trinajstić information content (AvgIpc) is 3.43. The predicted octanol–water partition coefficient (Wildman–Crippen LogP) is 3.29. The summed E-state index contributed by atoms with van der Waals surface area (Å²) in [7, 11) is 1.68. The van der Waals surface area contributed by atoms with Gasteiger partial charge in [-0.25, -0.2) is 5.43 Å². The van der Waals surface area contributed by atoms with Crippen LogP contribution in [-0.2, 0) is 4.79 Å². The van der Waals surface area contributed by atoms with Crippen LogP contribution in [0.2, 0.25) is 0 Å². The van der Waals surface area contributed by atoms with Gasteiger partial charge in [0.25, 0.3) is 0 Å². The fourth-order valence-electron chi connectivity index (χ4n) is 4.47. The van der Waals surface area contributed by atoms with Gasteiger partial charge >= 0.3 is 0 Å². The van der Waals surface area contributed by atoms with Gasteiger partial charge < -0.3 is 20.0 Å². The minimum Gasteiger partial charge on any atom is -0.497 e. The number of hydrazine groups is 1. The Morgan fingerprint density at radius 3 is 2.79 bits per heavy atom. The molecule has 2 aromatic rings. The molecule has 1 fully saturated rings. The van der Waals surface area contributed by atoms with Crippen molar-refractivity contribution in [1.29, 1.82) is 0 Å². The van der Waals surface area contributed by atoms with Crippen LogP contribution < -0.4 is 20.9 Å². The SMILES string of the molecule is COc1ccc(C2CC3C4NN=C(SCC(=O)Nc5ccc(C)cc5C)N4C=CN3N2)cc1. The van der Waals surface area contributed by atoms with E-state index in [2.05, 4.69) is 49.4 Å². The van der Waals surface area contributed by atoms with E-state index in [0.29, 0.717) is 5.75 Å². The summed E-state index contributed by atoms with van der Waals surface area (Å²) < 4.78 is 5.27. The van der Waals surface area contributed by atoms with E-state index in [4.69, 9.17) is 4.74 Å². The van der Waals surface area contributed by atoms with Crippen LogP contribution in [0.25, 0.3) is 0 Å². The van der Waals surface area contributed by atoms with E-state index in [1.54, 1.807) is 7.11 Å². The molecule has 2 aromatic carbocycles. The van der Waals surface area contributed by atoms with Gasteiger partial charge in [-0.05, 0) is 49.6 Å². The number of carbonyl (C=O) groups is 1. The second-order valence-corrected chi connectivity index (χ2v) is 9.44. The second kappa shape index (κ2) is 8.99. The Morgan fingerprint density at radius 2 is 2.03 bits per heavy atom. The molecule has 1 amide bonds. The summed E-state index contributed by atoms with van der Waals surface area (Å²) in [4.78, 5) is 14.6. The third-order valence-electron chi connectivity index (χ3n) is 6.21. The highest BCUT2D eigenvalue weighted by atomic mass is 32.2. The number of aryl methyl sites for hydroxylation is 2. The molecule has 8 nitrogen and oxygen atoms in total. The van der Waals surface area contributed by atoms with Crippen LogP contribution in [0.4, 0.5) is 5.69 Å². The van der Waals surface area contributed by atoms with E-state index in [1.807, 2.05) is 50.5 Å². The number of carbonyl (C=O) groups excluding carboxylic acids is 1. The Hall–Kier alpha value is -3.17. The van der Waals surface area contributed by atoms with Crippen LogP contribution in [0.3, 0.4) is 0 Å². The van der Waals surface area contributed by atoms with Gasteiger partial charge in [0, 0.05) is 18.1 Å². The van der Waals surface area contributed by atoms with Crippen molar-refractivity contribution < 1.29 is 9.53 Å². The van der Waals surface area contributed by atoms with Crippen molar-refractivity contribution in [1.82, 2.24) is 20.8 Å². The molecule has 1 saturated heterocycles. The zero-order chi connectivity index (χ0) is 22.9. The first kappa shape index (κ1) is 21.7. The third kappa shape index (κ3) is 4.38. The lowest BCUT2D eigenvalue weighted by Crippen LogP contribution is -2.54. The van der Waals surface area contributed by atoms with E-state index in [9.17, 15) is 4.79 Å². The number of ether oxygens (including phenoxy) is 1. The van der Waals surface area contributed by atoms with Crippen LogP contribution in [0.1, 0.15) is 29.2 Å². The zero-order valence-corrected chi connectivity index (χ0v) is 19.7. The van der Waals surface area contributed by atoms with E-state index < -0.39 is 0 Å². The molecule has 3 unspecified atom stereocenters. The molecule has 0 saturated carbocycles. The van der Waals surface area contributed by atoms with Crippen molar-refractivity contribution in [2.45, 2.75) is 38.5 Å². The molecule has 3 atom stereocenters. The van der Waals surface area contributed by atoms with Crippen LogP contribution in [0.5, 0.6) is 5.75 Å². The summed E-state index contributed by atoms with van der Waals surface area (Å²) in [6.07, 6.45) is 5.02. The molecule has 0 aliphatic carbocycles. The molecule has 33 heavy (non-hydrogen) atoms. The van der Waals surface area contributed by atoms with Gasteiger partial charge in [0.1, 0.15) is 11.9 Å². The molecule has 172 valence electrons. The molecule has 3 aliphatic heterocycles. The first-order chi connectivity index (χ1) is 16.0. The van der Waals surface area contributed by atoms with Crippen molar-refractivity contribution in [3.05, 3.63) is 71.6 Å². The molecule has 0 radical (unpaired) electrons. The van der Waals surface area contributed by atoms with Crippen molar-refractivity contribution in [3.8, 4) is 5.75 Å². The summed E-state index contributed by atoms with van der Waals surface area (Å²) in [5.41, 5.74) is 11.2. The number of methoxy groups -OCH3 is 1. The van der Waals surface area contributed by atoms with Crippen molar-refractivity contribution >= 4 is 28.5 Å². The fraction of sp³-hybridized carbons (Fsp3) is 0.333. The highest BCUT2D eigenvalue weighted by molar-refractivity contribution is 8.14. The van der Waals surface area contributed by atoms with E-state index in [1.165, 1.54) is 22.9 Å². The van der Waals surface area contributed by atoms with Gasteiger partial charge in [-0.1, -0.05) is 41.6 Å². The Balaban J connectivity index is 1.18. The second-order valence-electron chi connectivity index (χ2n) is 8.49. The van der Waals surface area contributed by atoms with Crippen LogP contribution in [0.15, 0.2) is 60.0 Å². The Bertz CT molecular complexity index is 1100. The van der Waals surface area contributed by atoms with Gasteiger partial charge in [0.15, 0.2) is 5.17 Å². The van der Waals surface area contributed by atoms with Gasteiger partial charge in [0.05, 0.1) is 24.9 Å². The molecule has 0 bridgehead atoms. The van der Waals surface area contributed by atoms with Gasteiger partial charge in [-0.15, -0.1) is 0 Å². The van der Waals surface area contributed by atoms with Gasteiger partial charge in [0.2, 0.25) is 5.91 Å². The Kier molecular flexibility index (Phi) is 5.90. The predicted molar refractivity (Wildman–Crippen MR) is 131 cm³/mol. The summed E-state index contributed by atoms with van der Waals surface area (Å²) >= 11 is 1.44. The number of thioether (sulfide) groups is 1. The van der Waals surface area contributed by atoms with Gasteiger partial charge in [-0.2, -0.15) is 5.10 Å². The monoisotopic (exact) mass is 464 g/mol. The topological polar surface area (TPSA) is 81.2 Å². The maximum atomic E-state index is 12.5. The average molecular weight is 465 g/mol. The quantitative estimate of drug-likeness (QED) is 0.627. The van der Waals surface area contributed by atoms with Crippen LogP contribution in [0, 0.1) is 13.8 Å². The molecule has 3 N–H and O–H groups in total. The van der Waals surface area contributed by atoms with E-state index in [-0.39, 0.29) is 24.2 Å². The molecular formula is C24H28N6O2S. The number of hydrogen-bond acceptors (Lipinski definition) is 8. The molecule has 0 spiro atoms. The van der Waals surface area contributed by atoms with Gasteiger partial charge in [-0.3, -0.25) is 10.2 Å². The highest BCUT2D eigenvalue weighted by Crippen LogP contribution is 2.35. The lowest BCUT2D eigenvalue weighted by atomic mass is 10.00. The van der Waals surface area contributed by atoms with Crippen LogP contribution >= 0.6 is 11.8 Å². The number of hydrazone groups is 1. The third-order valence-corrected chi connectivity index (χ3v) is 7.18. The number of amides is 1. The molecular weight excluding hydrogens is 436 g/mol. The summed E-state index contributed by atoms with van der Waals surface area (Å²) in [5, 5.41) is 10.5. The maximum Gasteiger partial charge on any atom is 0.234 e. The largest absolute Gasteiger partial charge is 0.497 e. The number of rotatable bonds is 5. The number of nitrogens with one attached hydrogen (secondary N) is 3. The number of amidine groups is 1. The minimum absolute atomic E-state index is 0.0238. The standard InChI is InChI=1S/C24H28N6O2S/c1-15-4-9-19(16(2)12-15)25-22(31)14-33-24-27-26-23-21-13-20(28-30(21)11-10-29(23)24)17-5-7-18(32-3)8-6-17/h4-12,20-21,23,26,28H,13-14H2,1-3H3,(H,25,31). The number of benzene rings is 2. The molecule has 5 rings (SSSR count). The number of anilines is 1. The lowest BCUT2D eigenvalue weighted by Gasteiger charge is -2.36. The zero-order valence-electron chi connectivity index (χ0n) is 18.9. The van der Waals surface area contributed by atoms with Crippen LogP contribution in [-0.4, -0.2) is 46.1 Å². The van der Waals surface area contributed by atoms with Crippen molar-refractivity contribution in [3.63, 3.8) is 0 Å². The van der Waals surface area contributed by atoms with E-state index >= 15 is 0 Å². The minimum atomic E-state index is -0.0391. The molecule has 9 heteroatoms. The smallest absolute Gasteiger partial charge is 0.234 e. The Morgan fingerprint density at radius 1 is 1.21 bits per heavy atom.